The minimum absolute atomic E-state index is 0.0797. The molecule has 5 rings (SSSR count). The van der Waals surface area contributed by atoms with E-state index in [9.17, 15) is 22.8 Å². The first-order valence-electron chi connectivity index (χ1n) is 10.5. The summed E-state index contributed by atoms with van der Waals surface area (Å²) in [6, 6.07) is 3.66. The van der Waals surface area contributed by atoms with Gasteiger partial charge in [0.05, 0.1) is 42.9 Å². The number of benzene rings is 1. The average molecular weight is 446 g/mol. The maximum Gasteiger partial charge on any atom is 0.416 e. The number of ketones is 1. The number of fused-ring (bicyclic) bond motifs is 1. The topological polar surface area (TPSA) is 75.6 Å². The van der Waals surface area contributed by atoms with Gasteiger partial charge in [-0.1, -0.05) is 0 Å². The van der Waals surface area contributed by atoms with Crippen LogP contribution < -0.4 is 4.74 Å². The van der Waals surface area contributed by atoms with E-state index in [1.807, 2.05) is 4.90 Å². The highest BCUT2D eigenvalue weighted by Gasteiger charge is 2.45. The van der Waals surface area contributed by atoms with E-state index in [0.29, 0.717) is 24.6 Å². The lowest BCUT2D eigenvalue weighted by Gasteiger charge is -2.39. The third-order valence-electron chi connectivity index (χ3n) is 6.16. The van der Waals surface area contributed by atoms with E-state index in [-0.39, 0.29) is 30.6 Å². The number of amides is 1. The quantitative estimate of drug-likeness (QED) is 0.718. The van der Waals surface area contributed by atoms with E-state index in [1.165, 1.54) is 4.90 Å². The number of aromatic nitrogens is 2. The molecular formula is C22H21F3N4O3. The number of alkyl halides is 3. The highest BCUT2D eigenvalue weighted by atomic mass is 19.4. The molecule has 1 saturated carbocycles. The summed E-state index contributed by atoms with van der Waals surface area (Å²) in [6.45, 7) is 0.0676. The van der Waals surface area contributed by atoms with Gasteiger partial charge in [-0.2, -0.15) is 13.2 Å². The Morgan fingerprint density at radius 2 is 1.78 bits per heavy atom. The van der Waals surface area contributed by atoms with Crippen molar-refractivity contribution in [3.63, 3.8) is 0 Å². The minimum atomic E-state index is -4.48. The lowest BCUT2D eigenvalue weighted by Crippen LogP contribution is -2.58. The van der Waals surface area contributed by atoms with Crippen LogP contribution in [0.5, 0.6) is 5.88 Å². The molecule has 2 aromatic rings. The lowest BCUT2D eigenvalue weighted by molar-refractivity contribution is -0.137. The molecule has 1 aliphatic carbocycles. The molecular weight excluding hydrogens is 425 g/mol. The van der Waals surface area contributed by atoms with Crippen LogP contribution in [-0.4, -0.2) is 56.9 Å². The second-order valence-corrected chi connectivity index (χ2v) is 8.42. The van der Waals surface area contributed by atoms with Crippen molar-refractivity contribution in [2.75, 3.05) is 13.2 Å². The maximum absolute atomic E-state index is 12.9. The molecule has 2 saturated heterocycles. The molecule has 0 spiro atoms. The van der Waals surface area contributed by atoms with Crippen LogP contribution in [0.4, 0.5) is 13.2 Å². The maximum atomic E-state index is 12.9. The Morgan fingerprint density at radius 3 is 2.41 bits per heavy atom. The Kier molecular flexibility index (Phi) is 5.11. The third-order valence-corrected chi connectivity index (χ3v) is 6.16. The molecule has 32 heavy (non-hydrogen) atoms. The molecule has 0 N–H and O–H groups in total. The fourth-order valence-electron chi connectivity index (χ4n) is 4.27. The van der Waals surface area contributed by atoms with Crippen molar-refractivity contribution >= 4 is 11.7 Å². The fraction of sp³-hybridized carbons (Fsp3) is 0.455. The lowest BCUT2D eigenvalue weighted by atomic mass is 10.1. The molecule has 10 heteroatoms. The van der Waals surface area contributed by atoms with Crippen molar-refractivity contribution in [3.05, 3.63) is 53.5 Å². The van der Waals surface area contributed by atoms with Crippen molar-refractivity contribution in [3.8, 4) is 5.88 Å². The standard InChI is InChI=1S/C22H21F3N4O3/c23-22(24,25)15-5-3-14(4-6-15)21(31)28-11-18(30)17-7-8-20(29(17)12-28)32-19-10-26-16(9-27-19)13-1-2-13/h3-6,9-10,13,17,20H,1-2,7-8,11-12H2/t17-,20-/m0/s1. The van der Waals surface area contributed by atoms with E-state index in [0.717, 1.165) is 42.8 Å². The van der Waals surface area contributed by atoms with Crippen molar-refractivity contribution in [1.29, 1.82) is 0 Å². The van der Waals surface area contributed by atoms with Gasteiger partial charge in [0.1, 0.15) is 0 Å². The Hall–Kier alpha value is -3.01. The monoisotopic (exact) mass is 446 g/mol. The highest BCUT2D eigenvalue weighted by molar-refractivity contribution is 5.98. The number of halogens is 3. The van der Waals surface area contributed by atoms with E-state index in [1.54, 1.807) is 12.4 Å². The van der Waals surface area contributed by atoms with Gasteiger partial charge in [-0.3, -0.25) is 14.6 Å². The zero-order valence-corrected chi connectivity index (χ0v) is 17.1. The van der Waals surface area contributed by atoms with E-state index < -0.39 is 23.9 Å². The predicted molar refractivity (Wildman–Crippen MR) is 106 cm³/mol. The van der Waals surface area contributed by atoms with E-state index >= 15 is 0 Å². The molecule has 1 amide bonds. The molecule has 3 heterocycles. The summed E-state index contributed by atoms with van der Waals surface area (Å²) >= 11 is 0. The first-order valence-corrected chi connectivity index (χ1v) is 10.5. The SMILES string of the molecule is O=C1CN(C(=O)c2ccc(C(F)(F)F)cc2)CN2[C@@H](Oc3cnc(C4CC4)cn3)CC[C@@H]12. The van der Waals surface area contributed by atoms with Gasteiger partial charge in [-0.15, -0.1) is 0 Å². The normalized spacial score (nSPS) is 23.8. The predicted octanol–water partition coefficient (Wildman–Crippen LogP) is 3.22. The van der Waals surface area contributed by atoms with Crippen molar-refractivity contribution in [2.24, 2.45) is 0 Å². The number of ether oxygens (including phenoxy) is 1. The van der Waals surface area contributed by atoms with E-state index in [2.05, 4.69) is 9.97 Å². The van der Waals surface area contributed by atoms with Gasteiger partial charge in [-0.25, -0.2) is 9.88 Å². The first-order chi connectivity index (χ1) is 15.3. The number of carbonyl (C=O) groups excluding carboxylic acids is 2. The molecule has 3 fully saturated rings. The van der Waals surface area contributed by atoms with Gasteiger partial charge >= 0.3 is 6.18 Å². The van der Waals surface area contributed by atoms with Crippen LogP contribution in [0.25, 0.3) is 0 Å². The fourth-order valence-corrected chi connectivity index (χ4v) is 4.27. The number of hydrogen-bond donors (Lipinski definition) is 0. The summed E-state index contributed by atoms with van der Waals surface area (Å²) in [5, 5.41) is 0. The van der Waals surface area contributed by atoms with Gasteiger partial charge in [-0.05, 0) is 43.5 Å². The number of rotatable bonds is 4. The Labute approximate surface area is 182 Å². The summed E-state index contributed by atoms with van der Waals surface area (Å²) in [5.74, 6) is 0.234. The smallest absolute Gasteiger partial charge is 0.416 e. The average Bonchev–Trinajstić information content (AvgIpc) is 3.55. The summed E-state index contributed by atoms with van der Waals surface area (Å²) in [7, 11) is 0. The second kappa shape index (κ2) is 7.84. The Morgan fingerprint density at radius 1 is 1.03 bits per heavy atom. The van der Waals surface area contributed by atoms with Crippen molar-refractivity contribution in [2.45, 2.75) is 50.0 Å². The number of carbonyl (C=O) groups is 2. The zero-order valence-electron chi connectivity index (χ0n) is 17.1. The van der Waals surface area contributed by atoms with Gasteiger partial charge < -0.3 is 9.64 Å². The summed E-state index contributed by atoms with van der Waals surface area (Å²) < 4.78 is 44.3. The van der Waals surface area contributed by atoms with Gasteiger partial charge in [0.15, 0.2) is 12.0 Å². The van der Waals surface area contributed by atoms with Crippen LogP contribution in [-0.2, 0) is 11.0 Å². The first kappa shape index (κ1) is 20.9. The molecule has 168 valence electrons. The second-order valence-electron chi connectivity index (χ2n) is 8.42. The van der Waals surface area contributed by atoms with Crippen LogP contribution >= 0.6 is 0 Å². The summed E-state index contributed by atoms with van der Waals surface area (Å²) in [6.07, 6.45) is 1.84. The molecule has 0 bridgehead atoms. The van der Waals surface area contributed by atoms with Gasteiger partial charge in [0.2, 0.25) is 5.88 Å². The number of nitrogens with zero attached hydrogens (tertiary/aromatic N) is 4. The van der Waals surface area contributed by atoms with Crippen LogP contribution in [0.2, 0.25) is 0 Å². The molecule has 0 unspecified atom stereocenters. The molecule has 0 radical (unpaired) electrons. The molecule has 1 aromatic carbocycles. The Bertz CT molecular complexity index is 1020. The van der Waals surface area contributed by atoms with E-state index in [4.69, 9.17) is 4.74 Å². The third kappa shape index (κ3) is 4.06. The molecule has 7 nitrogen and oxygen atoms in total. The molecule has 2 aliphatic heterocycles. The van der Waals surface area contributed by atoms with Gasteiger partial charge in [0, 0.05) is 17.9 Å². The molecule has 3 aliphatic rings. The van der Waals surface area contributed by atoms with Crippen LogP contribution in [0, 0.1) is 0 Å². The molecule has 2 atom stereocenters. The minimum Gasteiger partial charge on any atom is -0.457 e. The summed E-state index contributed by atoms with van der Waals surface area (Å²) in [5.41, 5.74) is 0.219. The van der Waals surface area contributed by atoms with Crippen LogP contribution in [0.3, 0.4) is 0 Å². The van der Waals surface area contributed by atoms with Crippen LogP contribution in [0.15, 0.2) is 36.7 Å². The van der Waals surface area contributed by atoms with Crippen LogP contribution in [0.1, 0.15) is 53.2 Å². The van der Waals surface area contributed by atoms with Gasteiger partial charge in [0.25, 0.3) is 5.91 Å². The van der Waals surface area contributed by atoms with Crippen molar-refractivity contribution in [1.82, 2.24) is 19.8 Å². The van der Waals surface area contributed by atoms with Crippen molar-refractivity contribution < 1.29 is 27.5 Å². The summed E-state index contributed by atoms with van der Waals surface area (Å²) in [4.78, 5) is 37.4. The largest absolute Gasteiger partial charge is 0.457 e. The number of hydrogen-bond acceptors (Lipinski definition) is 6. The highest BCUT2D eigenvalue weighted by Crippen LogP contribution is 2.39. The molecule has 1 aromatic heterocycles. The Balaban J connectivity index is 1.28. The zero-order chi connectivity index (χ0) is 22.5. The number of Topliss-reactive ketones (excluding diaryl/α,β-unsaturated/α-hetero) is 1.